The van der Waals surface area contributed by atoms with Crippen molar-refractivity contribution in [2.24, 2.45) is 0 Å². The second-order valence-electron chi connectivity index (χ2n) is 2.63. The third-order valence-electron chi connectivity index (χ3n) is 1.56. The normalized spacial score (nSPS) is 9.69. The SMILES string of the molecule is C=C(OCC)c1cc(N)cc(Br)c1. The van der Waals surface area contributed by atoms with E-state index in [0.29, 0.717) is 18.1 Å². The van der Waals surface area contributed by atoms with Gasteiger partial charge in [-0.25, -0.2) is 0 Å². The lowest BCUT2D eigenvalue weighted by molar-refractivity contribution is 0.299. The summed E-state index contributed by atoms with van der Waals surface area (Å²) in [5.74, 6) is 0.649. The molecule has 0 spiro atoms. The monoisotopic (exact) mass is 241 g/mol. The van der Waals surface area contributed by atoms with E-state index in [1.54, 1.807) is 0 Å². The number of hydrogen-bond donors (Lipinski definition) is 1. The van der Waals surface area contributed by atoms with Crippen LogP contribution in [0.3, 0.4) is 0 Å². The first-order valence-corrected chi connectivity index (χ1v) is 4.81. The van der Waals surface area contributed by atoms with Crippen LogP contribution in [-0.4, -0.2) is 6.61 Å². The predicted molar refractivity (Wildman–Crippen MR) is 59.2 cm³/mol. The lowest BCUT2D eigenvalue weighted by atomic mass is 10.2. The molecule has 0 saturated carbocycles. The van der Waals surface area contributed by atoms with E-state index in [-0.39, 0.29) is 0 Å². The Hall–Kier alpha value is -0.960. The molecule has 0 aliphatic heterocycles. The zero-order chi connectivity index (χ0) is 9.84. The first kappa shape index (κ1) is 10.1. The van der Waals surface area contributed by atoms with Gasteiger partial charge in [0.1, 0.15) is 5.76 Å². The largest absolute Gasteiger partial charge is 0.494 e. The van der Waals surface area contributed by atoms with Crippen molar-refractivity contribution in [2.75, 3.05) is 12.3 Å². The Bertz CT molecular complexity index is 302. The zero-order valence-corrected chi connectivity index (χ0v) is 9.10. The first-order chi connectivity index (χ1) is 6.13. The third-order valence-corrected chi connectivity index (χ3v) is 2.02. The molecule has 2 nitrogen and oxygen atoms in total. The molecule has 13 heavy (non-hydrogen) atoms. The summed E-state index contributed by atoms with van der Waals surface area (Å²) in [5, 5.41) is 0. The minimum absolute atomic E-state index is 0.616. The Morgan fingerprint density at radius 3 is 2.77 bits per heavy atom. The van der Waals surface area contributed by atoms with E-state index in [1.807, 2.05) is 25.1 Å². The van der Waals surface area contributed by atoms with E-state index in [9.17, 15) is 0 Å². The van der Waals surface area contributed by atoms with Crippen LogP contribution in [0.5, 0.6) is 0 Å². The van der Waals surface area contributed by atoms with Crippen LogP contribution in [0.25, 0.3) is 5.76 Å². The molecule has 3 heteroatoms. The summed E-state index contributed by atoms with van der Waals surface area (Å²) in [6.07, 6.45) is 0. The van der Waals surface area contributed by atoms with Crippen molar-refractivity contribution >= 4 is 27.4 Å². The van der Waals surface area contributed by atoms with Crippen LogP contribution in [0.4, 0.5) is 5.69 Å². The first-order valence-electron chi connectivity index (χ1n) is 4.01. The number of ether oxygens (including phenoxy) is 1. The van der Waals surface area contributed by atoms with Crippen LogP contribution in [0.15, 0.2) is 29.3 Å². The van der Waals surface area contributed by atoms with Gasteiger partial charge in [-0.3, -0.25) is 0 Å². The predicted octanol–water partition coefficient (Wildman–Crippen LogP) is 3.04. The number of hydrogen-bond acceptors (Lipinski definition) is 2. The smallest absolute Gasteiger partial charge is 0.119 e. The average molecular weight is 242 g/mol. The number of rotatable bonds is 3. The van der Waals surface area contributed by atoms with Gasteiger partial charge in [0.25, 0.3) is 0 Å². The van der Waals surface area contributed by atoms with E-state index < -0.39 is 0 Å². The van der Waals surface area contributed by atoms with Crippen molar-refractivity contribution in [1.29, 1.82) is 0 Å². The minimum atomic E-state index is 0.616. The Balaban J connectivity index is 2.94. The summed E-state index contributed by atoms with van der Waals surface area (Å²) in [4.78, 5) is 0. The molecular weight excluding hydrogens is 230 g/mol. The van der Waals surface area contributed by atoms with Gasteiger partial charge in [0, 0.05) is 15.7 Å². The summed E-state index contributed by atoms with van der Waals surface area (Å²) in [7, 11) is 0. The molecule has 0 aliphatic rings. The second-order valence-corrected chi connectivity index (χ2v) is 3.55. The van der Waals surface area contributed by atoms with E-state index in [1.165, 1.54) is 0 Å². The van der Waals surface area contributed by atoms with E-state index in [4.69, 9.17) is 10.5 Å². The molecule has 2 N–H and O–H groups in total. The number of benzene rings is 1. The summed E-state index contributed by atoms with van der Waals surface area (Å²) >= 11 is 3.36. The van der Waals surface area contributed by atoms with Crippen LogP contribution < -0.4 is 5.73 Å². The second kappa shape index (κ2) is 4.33. The highest BCUT2D eigenvalue weighted by molar-refractivity contribution is 9.10. The number of halogens is 1. The molecule has 0 saturated heterocycles. The molecule has 0 radical (unpaired) electrons. The van der Waals surface area contributed by atoms with Crippen LogP contribution in [0.1, 0.15) is 12.5 Å². The standard InChI is InChI=1S/C10H12BrNO/c1-3-13-7(2)8-4-9(11)6-10(12)5-8/h4-6H,2-3,12H2,1H3. The number of nitrogens with two attached hydrogens (primary N) is 1. The fourth-order valence-electron chi connectivity index (χ4n) is 1.03. The van der Waals surface area contributed by atoms with E-state index in [2.05, 4.69) is 22.5 Å². The topological polar surface area (TPSA) is 35.2 Å². The lowest BCUT2D eigenvalue weighted by Crippen LogP contribution is -1.92. The van der Waals surface area contributed by atoms with Crippen molar-refractivity contribution < 1.29 is 4.74 Å². The van der Waals surface area contributed by atoms with Crippen molar-refractivity contribution in [2.45, 2.75) is 6.92 Å². The highest BCUT2D eigenvalue weighted by atomic mass is 79.9. The Morgan fingerprint density at radius 1 is 1.54 bits per heavy atom. The van der Waals surface area contributed by atoms with Crippen molar-refractivity contribution in [3.63, 3.8) is 0 Å². The number of nitrogen functional groups attached to an aromatic ring is 1. The summed E-state index contributed by atoms with van der Waals surface area (Å²) in [6, 6.07) is 5.60. The highest BCUT2D eigenvalue weighted by Crippen LogP contribution is 2.22. The van der Waals surface area contributed by atoms with Gasteiger partial charge in [-0.2, -0.15) is 0 Å². The van der Waals surface area contributed by atoms with Gasteiger partial charge in [-0.05, 0) is 25.1 Å². The van der Waals surface area contributed by atoms with Gasteiger partial charge in [-0.15, -0.1) is 0 Å². The number of anilines is 1. The van der Waals surface area contributed by atoms with Crippen LogP contribution in [0.2, 0.25) is 0 Å². The molecule has 0 fully saturated rings. The highest BCUT2D eigenvalue weighted by Gasteiger charge is 2.01. The molecule has 0 bridgehead atoms. The molecule has 70 valence electrons. The molecule has 0 aromatic heterocycles. The quantitative estimate of drug-likeness (QED) is 0.653. The van der Waals surface area contributed by atoms with Gasteiger partial charge < -0.3 is 10.5 Å². The van der Waals surface area contributed by atoms with Gasteiger partial charge >= 0.3 is 0 Å². The van der Waals surface area contributed by atoms with Gasteiger partial charge in [0.05, 0.1) is 6.61 Å². The fraction of sp³-hybridized carbons (Fsp3) is 0.200. The maximum atomic E-state index is 5.67. The van der Waals surface area contributed by atoms with Crippen LogP contribution in [0, 0.1) is 0 Å². The van der Waals surface area contributed by atoms with E-state index in [0.717, 1.165) is 10.0 Å². The molecule has 0 aliphatic carbocycles. The van der Waals surface area contributed by atoms with Crippen molar-refractivity contribution in [3.8, 4) is 0 Å². The summed E-state index contributed by atoms with van der Waals surface area (Å²) in [5.41, 5.74) is 7.28. The van der Waals surface area contributed by atoms with Crippen molar-refractivity contribution in [1.82, 2.24) is 0 Å². The average Bonchev–Trinajstić information content (AvgIpc) is 2.03. The van der Waals surface area contributed by atoms with Crippen molar-refractivity contribution in [3.05, 3.63) is 34.8 Å². The summed E-state index contributed by atoms with van der Waals surface area (Å²) < 4.78 is 6.20. The summed E-state index contributed by atoms with van der Waals surface area (Å²) in [6.45, 7) is 6.34. The van der Waals surface area contributed by atoms with Gasteiger partial charge in [0.2, 0.25) is 0 Å². The Morgan fingerprint density at radius 2 is 2.23 bits per heavy atom. The minimum Gasteiger partial charge on any atom is -0.494 e. The Labute approximate surface area is 86.5 Å². The van der Waals surface area contributed by atoms with Gasteiger partial charge in [-0.1, -0.05) is 22.5 Å². The van der Waals surface area contributed by atoms with Crippen LogP contribution in [-0.2, 0) is 4.74 Å². The fourth-order valence-corrected chi connectivity index (χ4v) is 1.54. The molecule has 0 unspecified atom stereocenters. The maximum absolute atomic E-state index is 5.67. The Kier molecular flexibility index (Phi) is 3.37. The third kappa shape index (κ3) is 2.77. The van der Waals surface area contributed by atoms with Gasteiger partial charge in [0.15, 0.2) is 0 Å². The molecular formula is C10H12BrNO. The zero-order valence-electron chi connectivity index (χ0n) is 7.51. The molecule has 0 atom stereocenters. The van der Waals surface area contributed by atoms with Crippen LogP contribution >= 0.6 is 15.9 Å². The van der Waals surface area contributed by atoms with E-state index >= 15 is 0 Å². The molecule has 1 rings (SSSR count). The maximum Gasteiger partial charge on any atom is 0.119 e. The molecule has 1 aromatic carbocycles. The molecule has 1 aromatic rings. The lowest BCUT2D eigenvalue weighted by Gasteiger charge is -2.07. The molecule has 0 heterocycles. The molecule has 0 amide bonds.